The molecule has 0 unspecified atom stereocenters. The molecule has 8 heteroatoms. The van der Waals surface area contributed by atoms with Crippen molar-refractivity contribution in [3.8, 4) is 22.1 Å². The Bertz CT molecular complexity index is 1110. The van der Waals surface area contributed by atoms with Gasteiger partial charge in [0.15, 0.2) is 11.6 Å². The lowest BCUT2D eigenvalue weighted by molar-refractivity contribution is 0.595. The monoisotopic (exact) mass is 382 g/mol. The van der Waals surface area contributed by atoms with Gasteiger partial charge in [-0.3, -0.25) is 0 Å². The van der Waals surface area contributed by atoms with Gasteiger partial charge in [0.1, 0.15) is 0 Å². The van der Waals surface area contributed by atoms with E-state index >= 15 is 0 Å². The summed E-state index contributed by atoms with van der Waals surface area (Å²) in [6.07, 6.45) is 0. The minimum absolute atomic E-state index is 0.171. The molecule has 6 nitrogen and oxygen atoms in total. The van der Waals surface area contributed by atoms with Gasteiger partial charge in [-0.05, 0) is 23.6 Å². The van der Waals surface area contributed by atoms with Gasteiger partial charge in [-0.2, -0.15) is 8.42 Å². The van der Waals surface area contributed by atoms with Gasteiger partial charge in [-0.15, -0.1) is 21.5 Å². The molecule has 0 spiro atoms. The summed E-state index contributed by atoms with van der Waals surface area (Å²) in [7, 11) is -3.79. The summed E-state index contributed by atoms with van der Waals surface area (Å²) in [5.74, 6) is 0.867. The number of thiophene rings is 1. The van der Waals surface area contributed by atoms with Gasteiger partial charge in [0.2, 0.25) is 0 Å². The Morgan fingerprint density at radius 3 is 2.12 bits per heavy atom. The van der Waals surface area contributed by atoms with Gasteiger partial charge in [0, 0.05) is 5.56 Å². The molecule has 0 atom stereocenters. The quantitative estimate of drug-likeness (QED) is 0.572. The van der Waals surface area contributed by atoms with Crippen LogP contribution in [0.25, 0.3) is 22.1 Å². The highest BCUT2D eigenvalue weighted by molar-refractivity contribution is 7.92. The van der Waals surface area contributed by atoms with E-state index in [2.05, 4.69) is 15.0 Å². The Labute approximate surface area is 154 Å². The SMILES string of the molecule is O=S(=O)(Nn1c(-c2ccccc2)nnc1-c1cccs1)c1ccccc1. The number of nitrogens with one attached hydrogen (secondary N) is 1. The van der Waals surface area contributed by atoms with Crippen molar-refractivity contribution in [2.75, 3.05) is 4.83 Å². The second-order valence-electron chi connectivity index (χ2n) is 5.43. The van der Waals surface area contributed by atoms with Crippen LogP contribution in [0.2, 0.25) is 0 Å². The summed E-state index contributed by atoms with van der Waals surface area (Å²) in [6.45, 7) is 0. The van der Waals surface area contributed by atoms with Crippen LogP contribution in [0, 0.1) is 0 Å². The van der Waals surface area contributed by atoms with Crippen LogP contribution in [-0.4, -0.2) is 23.3 Å². The number of hydrogen-bond acceptors (Lipinski definition) is 5. The highest BCUT2D eigenvalue weighted by atomic mass is 32.2. The molecular weight excluding hydrogens is 368 g/mol. The predicted molar refractivity (Wildman–Crippen MR) is 102 cm³/mol. The van der Waals surface area contributed by atoms with E-state index < -0.39 is 10.0 Å². The van der Waals surface area contributed by atoms with E-state index in [0.717, 1.165) is 10.4 Å². The lowest BCUT2D eigenvalue weighted by atomic mass is 10.2. The molecule has 0 aliphatic heterocycles. The molecule has 26 heavy (non-hydrogen) atoms. The maximum absolute atomic E-state index is 12.8. The third-order valence-corrected chi connectivity index (χ3v) is 5.88. The molecule has 2 aromatic carbocycles. The van der Waals surface area contributed by atoms with Gasteiger partial charge in [0.25, 0.3) is 10.0 Å². The molecule has 0 aliphatic rings. The molecule has 0 aliphatic carbocycles. The third-order valence-electron chi connectivity index (χ3n) is 3.70. The number of sulfonamides is 1. The summed E-state index contributed by atoms with van der Waals surface area (Å²) >= 11 is 1.46. The number of benzene rings is 2. The lowest BCUT2D eigenvalue weighted by Gasteiger charge is -2.13. The molecule has 0 radical (unpaired) electrons. The molecule has 4 rings (SSSR count). The molecule has 0 fully saturated rings. The Hall–Kier alpha value is -2.97. The van der Waals surface area contributed by atoms with Crippen molar-refractivity contribution in [3.05, 3.63) is 78.2 Å². The summed E-state index contributed by atoms with van der Waals surface area (Å²) in [4.78, 5) is 3.60. The zero-order valence-corrected chi connectivity index (χ0v) is 15.1. The van der Waals surface area contributed by atoms with Crippen molar-refractivity contribution < 1.29 is 8.42 Å². The number of aromatic nitrogens is 3. The van der Waals surface area contributed by atoms with Crippen molar-refractivity contribution in [1.29, 1.82) is 0 Å². The zero-order valence-electron chi connectivity index (χ0n) is 13.5. The molecule has 130 valence electrons. The van der Waals surface area contributed by atoms with Crippen molar-refractivity contribution in [1.82, 2.24) is 14.9 Å². The van der Waals surface area contributed by atoms with E-state index in [-0.39, 0.29) is 4.90 Å². The summed E-state index contributed by atoms with van der Waals surface area (Å²) in [5, 5.41) is 10.3. The molecule has 0 saturated heterocycles. The largest absolute Gasteiger partial charge is 0.275 e. The second kappa shape index (κ2) is 6.74. The number of rotatable bonds is 5. The van der Waals surface area contributed by atoms with Crippen molar-refractivity contribution in [2.24, 2.45) is 0 Å². The van der Waals surface area contributed by atoms with Crippen LogP contribution < -0.4 is 4.83 Å². The lowest BCUT2D eigenvalue weighted by Crippen LogP contribution is -2.24. The van der Waals surface area contributed by atoms with Crippen LogP contribution in [-0.2, 0) is 10.0 Å². The van der Waals surface area contributed by atoms with E-state index in [1.165, 1.54) is 16.0 Å². The Morgan fingerprint density at radius 1 is 0.808 bits per heavy atom. The first-order valence-electron chi connectivity index (χ1n) is 7.78. The van der Waals surface area contributed by atoms with E-state index in [1.54, 1.807) is 30.3 Å². The average molecular weight is 382 g/mol. The fourth-order valence-electron chi connectivity index (χ4n) is 2.48. The fourth-order valence-corrected chi connectivity index (χ4v) is 4.22. The van der Waals surface area contributed by atoms with Crippen LogP contribution in [0.3, 0.4) is 0 Å². The van der Waals surface area contributed by atoms with Crippen molar-refractivity contribution in [3.63, 3.8) is 0 Å². The van der Waals surface area contributed by atoms with Crippen LogP contribution in [0.4, 0.5) is 0 Å². The first-order chi connectivity index (χ1) is 12.6. The normalized spacial score (nSPS) is 11.4. The van der Waals surface area contributed by atoms with Gasteiger partial charge < -0.3 is 0 Å². The van der Waals surface area contributed by atoms with E-state index in [9.17, 15) is 8.42 Å². The van der Waals surface area contributed by atoms with Crippen LogP contribution >= 0.6 is 11.3 Å². The minimum Gasteiger partial charge on any atom is -0.213 e. The Morgan fingerprint density at radius 2 is 1.46 bits per heavy atom. The van der Waals surface area contributed by atoms with Crippen LogP contribution in [0.1, 0.15) is 0 Å². The minimum atomic E-state index is -3.79. The Balaban J connectivity index is 1.85. The van der Waals surface area contributed by atoms with E-state index in [0.29, 0.717) is 11.6 Å². The highest BCUT2D eigenvalue weighted by Crippen LogP contribution is 2.27. The van der Waals surface area contributed by atoms with Gasteiger partial charge in [0.05, 0.1) is 9.77 Å². The molecule has 0 amide bonds. The summed E-state index contributed by atoms with van der Waals surface area (Å²) in [5.41, 5.74) is 0.763. The van der Waals surface area contributed by atoms with Crippen molar-refractivity contribution >= 4 is 21.4 Å². The molecular formula is C18H14N4O2S2. The van der Waals surface area contributed by atoms with E-state index in [1.807, 2.05) is 47.8 Å². The highest BCUT2D eigenvalue weighted by Gasteiger charge is 2.22. The first kappa shape index (κ1) is 16.5. The van der Waals surface area contributed by atoms with E-state index in [4.69, 9.17) is 0 Å². The Kier molecular flexibility index (Phi) is 4.27. The number of hydrogen-bond donors (Lipinski definition) is 1. The maximum atomic E-state index is 12.8. The zero-order chi connectivity index (χ0) is 18.0. The molecule has 1 N–H and O–H groups in total. The number of nitrogens with zero attached hydrogens (tertiary/aromatic N) is 3. The molecule has 2 heterocycles. The van der Waals surface area contributed by atoms with Gasteiger partial charge >= 0.3 is 0 Å². The first-order valence-corrected chi connectivity index (χ1v) is 10.1. The molecule has 2 aromatic heterocycles. The summed E-state index contributed by atoms with van der Waals surface area (Å²) < 4.78 is 27.1. The van der Waals surface area contributed by atoms with Crippen LogP contribution in [0.15, 0.2) is 83.1 Å². The standard InChI is InChI=1S/C18H14N4O2S2/c23-26(24,15-10-5-2-6-11-15)21-22-17(14-8-3-1-4-9-14)19-20-18(22)16-12-7-13-25-16/h1-13,21H. The molecule has 0 saturated carbocycles. The topological polar surface area (TPSA) is 76.9 Å². The van der Waals surface area contributed by atoms with Crippen LogP contribution in [0.5, 0.6) is 0 Å². The second-order valence-corrected chi connectivity index (χ2v) is 8.04. The van der Waals surface area contributed by atoms with Gasteiger partial charge in [-0.25, -0.2) is 9.51 Å². The predicted octanol–water partition coefficient (Wildman–Crippen LogP) is 3.61. The summed E-state index contributed by atoms with van der Waals surface area (Å²) in [6, 6.07) is 21.3. The molecule has 4 aromatic rings. The van der Waals surface area contributed by atoms with Crippen molar-refractivity contribution in [2.45, 2.75) is 4.90 Å². The molecule has 0 bridgehead atoms. The maximum Gasteiger partial charge on any atom is 0.275 e. The fraction of sp³-hybridized carbons (Fsp3) is 0. The van der Waals surface area contributed by atoms with Gasteiger partial charge in [-0.1, -0.05) is 54.6 Å². The average Bonchev–Trinajstić information content (AvgIpc) is 3.32. The third kappa shape index (κ3) is 3.12. The smallest absolute Gasteiger partial charge is 0.213 e.